The fraction of sp³-hybridized carbons (Fsp3) is 0.0588. The van der Waals surface area contributed by atoms with E-state index in [0.29, 0.717) is 25.6 Å². The van der Waals surface area contributed by atoms with Crippen LogP contribution < -0.4 is 10.1 Å². The van der Waals surface area contributed by atoms with Crippen LogP contribution in [-0.2, 0) is 4.79 Å². The molecule has 0 saturated carbocycles. The molecule has 0 radical (unpaired) electrons. The van der Waals surface area contributed by atoms with Gasteiger partial charge in [-0.25, -0.2) is 0 Å². The topological polar surface area (TPSA) is 82.3 Å². The zero-order valence-corrected chi connectivity index (χ0v) is 17.3. The molecule has 0 spiro atoms. The highest BCUT2D eigenvalue weighted by Crippen LogP contribution is 2.31. The van der Waals surface area contributed by atoms with Crippen LogP contribution in [0.1, 0.15) is 5.56 Å². The summed E-state index contributed by atoms with van der Waals surface area (Å²) in [5.74, 6) is -0.239. The van der Waals surface area contributed by atoms with Gasteiger partial charge in [-0.15, -0.1) is 0 Å². The van der Waals surface area contributed by atoms with Crippen LogP contribution in [0.5, 0.6) is 11.5 Å². The van der Waals surface area contributed by atoms with Crippen LogP contribution in [0.3, 0.4) is 0 Å². The number of halogens is 3. The monoisotopic (exact) mass is 532 g/mol. The molecule has 2 rings (SSSR count). The lowest BCUT2D eigenvalue weighted by molar-refractivity contribution is -0.112. The zero-order valence-electron chi connectivity index (χ0n) is 12.8. The van der Waals surface area contributed by atoms with Gasteiger partial charge in [0.05, 0.1) is 16.4 Å². The minimum Gasteiger partial charge on any atom is -0.506 e. The molecule has 0 fully saturated rings. The molecule has 5 nitrogen and oxygen atoms in total. The summed E-state index contributed by atoms with van der Waals surface area (Å²) in [6.07, 6.45) is 1.31. The second kappa shape index (κ2) is 8.56. The Hall–Kier alpha value is -1.76. The summed E-state index contributed by atoms with van der Waals surface area (Å²) in [5.41, 5.74) is 0.518. The molecule has 2 aromatic carbocycles. The van der Waals surface area contributed by atoms with Gasteiger partial charge in [-0.1, -0.05) is 27.5 Å². The van der Waals surface area contributed by atoms with Crippen LogP contribution in [0.25, 0.3) is 6.08 Å². The Morgan fingerprint density at radius 3 is 2.80 bits per heavy atom. The van der Waals surface area contributed by atoms with Crippen molar-refractivity contribution >= 4 is 67.8 Å². The van der Waals surface area contributed by atoms with Gasteiger partial charge in [0.1, 0.15) is 23.1 Å². The Labute approximate surface area is 171 Å². The summed E-state index contributed by atoms with van der Waals surface area (Å²) in [4.78, 5) is 12.4. The van der Waals surface area contributed by atoms with Crippen molar-refractivity contribution in [2.45, 2.75) is 0 Å². The van der Waals surface area contributed by atoms with E-state index in [-0.39, 0.29) is 11.3 Å². The summed E-state index contributed by atoms with van der Waals surface area (Å²) >= 11 is 11.2. The summed E-state index contributed by atoms with van der Waals surface area (Å²) in [6.45, 7) is 0. The first-order valence-electron chi connectivity index (χ1n) is 6.80. The van der Waals surface area contributed by atoms with Gasteiger partial charge in [-0.05, 0) is 59.0 Å². The molecular formula is C17H11BrClIN2O3. The standard InChI is InChI=1S/C17H11BrClIN2O3/c1-25-15-3-2-12(19)7-14(15)22-17(24)10(8-21)4-9-5-11(18)6-13(20)16(9)23/h2-7,23H,1H3,(H,22,24)/b10-4+. The summed E-state index contributed by atoms with van der Waals surface area (Å²) in [7, 11) is 1.46. The molecule has 0 atom stereocenters. The molecular weight excluding hydrogens is 522 g/mol. The van der Waals surface area contributed by atoms with Crippen molar-refractivity contribution in [2.75, 3.05) is 12.4 Å². The fourth-order valence-electron chi connectivity index (χ4n) is 1.97. The van der Waals surface area contributed by atoms with Gasteiger partial charge >= 0.3 is 0 Å². The predicted molar refractivity (Wildman–Crippen MR) is 109 cm³/mol. The molecule has 8 heteroatoms. The third-order valence-corrected chi connectivity index (χ3v) is 4.65. The van der Waals surface area contributed by atoms with Crippen molar-refractivity contribution in [1.82, 2.24) is 0 Å². The van der Waals surface area contributed by atoms with Gasteiger partial charge in [0.15, 0.2) is 0 Å². The highest BCUT2D eigenvalue weighted by Gasteiger charge is 2.15. The van der Waals surface area contributed by atoms with Crippen LogP contribution in [0.15, 0.2) is 40.4 Å². The minimum absolute atomic E-state index is 0.00955. The van der Waals surface area contributed by atoms with E-state index >= 15 is 0 Å². The minimum atomic E-state index is -0.641. The van der Waals surface area contributed by atoms with Gasteiger partial charge in [0, 0.05) is 15.1 Å². The smallest absolute Gasteiger partial charge is 0.266 e. The normalized spacial score (nSPS) is 10.9. The number of carbonyl (C=O) groups is 1. The van der Waals surface area contributed by atoms with Crippen LogP contribution in [0, 0.1) is 14.9 Å². The Bertz CT molecular complexity index is 909. The molecule has 0 unspecified atom stereocenters. The SMILES string of the molecule is COc1ccc(Cl)cc1NC(=O)/C(C#N)=C/c1cc(Br)cc(I)c1O. The van der Waals surface area contributed by atoms with Crippen LogP contribution in [-0.4, -0.2) is 18.1 Å². The Morgan fingerprint density at radius 2 is 2.16 bits per heavy atom. The number of nitrogens with one attached hydrogen (secondary N) is 1. The molecule has 0 bridgehead atoms. The number of benzene rings is 2. The molecule has 0 aliphatic rings. The number of nitrogens with zero attached hydrogens (tertiary/aromatic N) is 1. The van der Waals surface area contributed by atoms with Crippen molar-refractivity contribution in [1.29, 1.82) is 5.26 Å². The van der Waals surface area contributed by atoms with Crippen LogP contribution >= 0.6 is 50.1 Å². The number of anilines is 1. The maximum atomic E-state index is 12.4. The third-order valence-electron chi connectivity index (χ3n) is 3.13. The predicted octanol–water partition coefficient (Wildman–Crippen LogP) is 4.97. The first kappa shape index (κ1) is 19.6. The summed E-state index contributed by atoms with van der Waals surface area (Å²) in [5, 5.41) is 22.4. The van der Waals surface area contributed by atoms with Gasteiger partial charge in [-0.2, -0.15) is 5.26 Å². The van der Waals surface area contributed by atoms with Crippen molar-refractivity contribution in [2.24, 2.45) is 0 Å². The van der Waals surface area contributed by atoms with E-state index in [4.69, 9.17) is 16.3 Å². The van der Waals surface area contributed by atoms with Crippen molar-refractivity contribution in [3.8, 4) is 17.6 Å². The second-order valence-electron chi connectivity index (χ2n) is 4.79. The lowest BCUT2D eigenvalue weighted by Gasteiger charge is -2.10. The number of methoxy groups -OCH3 is 1. The third kappa shape index (κ3) is 4.87. The van der Waals surface area contributed by atoms with E-state index in [2.05, 4.69) is 21.2 Å². The summed E-state index contributed by atoms with van der Waals surface area (Å²) < 4.78 is 6.47. The van der Waals surface area contributed by atoms with Crippen molar-refractivity contribution < 1.29 is 14.6 Å². The zero-order chi connectivity index (χ0) is 18.6. The fourth-order valence-corrected chi connectivity index (χ4v) is 3.69. The molecule has 0 heterocycles. The van der Waals surface area contributed by atoms with Crippen LogP contribution in [0.4, 0.5) is 5.69 Å². The van der Waals surface area contributed by atoms with Gasteiger partial charge < -0.3 is 15.2 Å². The number of hydrogen-bond donors (Lipinski definition) is 2. The van der Waals surface area contributed by atoms with E-state index in [0.717, 1.165) is 4.47 Å². The first-order valence-corrected chi connectivity index (χ1v) is 9.05. The molecule has 0 aromatic heterocycles. The average Bonchev–Trinajstić information content (AvgIpc) is 2.56. The molecule has 0 aliphatic heterocycles. The molecule has 2 aromatic rings. The molecule has 0 aliphatic carbocycles. The quantitative estimate of drug-likeness (QED) is 0.331. The van der Waals surface area contributed by atoms with E-state index in [9.17, 15) is 15.2 Å². The van der Waals surface area contributed by atoms with Crippen molar-refractivity contribution in [3.63, 3.8) is 0 Å². The van der Waals surface area contributed by atoms with Gasteiger partial charge in [0.25, 0.3) is 5.91 Å². The second-order valence-corrected chi connectivity index (χ2v) is 7.31. The van der Waals surface area contributed by atoms with Crippen molar-refractivity contribution in [3.05, 3.63) is 54.5 Å². The van der Waals surface area contributed by atoms with E-state index in [1.54, 1.807) is 24.3 Å². The molecule has 2 N–H and O–H groups in total. The van der Waals surface area contributed by atoms with Gasteiger partial charge in [-0.3, -0.25) is 4.79 Å². The number of phenols is 1. The first-order chi connectivity index (χ1) is 11.8. The highest BCUT2D eigenvalue weighted by atomic mass is 127. The summed E-state index contributed by atoms with van der Waals surface area (Å²) in [6, 6.07) is 9.92. The number of rotatable bonds is 4. The number of aromatic hydroxyl groups is 1. The van der Waals surface area contributed by atoms with E-state index < -0.39 is 5.91 Å². The van der Waals surface area contributed by atoms with Gasteiger partial charge in [0.2, 0.25) is 0 Å². The van der Waals surface area contributed by atoms with E-state index in [1.165, 1.54) is 19.3 Å². The number of carbonyl (C=O) groups excluding carboxylic acids is 1. The number of phenolic OH excluding ortho intramolecular Hbond substituents is 1. The molecule has 25 heavy (non-hydrogen) atoms. The number of ether oxygens (including phenoxy) is 1. The number of nitriles is 1. The molecule has 1 amide bonds. The maximum absolute atomic E-state index is 12.4. The highest BCUT2D eigenvalue weighted by molar-refractivity contribution is 14.1. The molecule has 128 valence electrons. The Balaban J connectivity index is 2.37. The Morgan fingerprint density at radius 1 is 1.44 bits per heavy atom. The lowest BCUT2D eigenvalue weighted by Crippen LogP contribution is -2.14. The van der Waals surface area contributed by atoms with Crippen LogP contribution in [0.2, 0.25) is 5.02 Å². The largest absolute Gasteiger partial charge is 0.506 e. The average molecular weight is 534 g/mol. The molecule has 0 saturated heterocycles. The van der Waals surface area contributed by atoms with E-state index in [1.807, 2.05) is 28.7 Å². The lowest BCUT2D eigenvalue weighted by atomic mass is 10.1. The Kier molecular flexibility index (Phi) is 6.70. The number of amides is 1. The maximum Gasteiger partial charge on any atom is 0.266 e. The number of hydrogen-bond acceptors (Lipinski definition) is 4.